The van der Waals surface area contributed by atoms with Crippen LogP contribution in [0.3, 0.4) is 0 Å². The minimum Gasteiger partial charge on any atom is -0.374 e. The third-order valence-corrected chi connectivity index (χ3v) is 7.60. The van der Waals surface area contributed by atoms with Gasteiger partial charge in [0, 0.05) is 45.4 Å². The van der Waals surface area contributed by atoms with Gasteiger partial charge in [-0.1, -0.05) is 20.8 Å². The third kappa shape index (κ3) is 11.5. The summed E-state index contributed by atoms with van der Waals surface area (Å²) in [5, 5.41) is 0. The molecule has 0 amide bonds. The maximum absolute atomic E-state index is 6.66. The number of nitrogens with two attached hydrogens (primary N) is 3. The first kappa shape index (κ1) is 26.9. The highest BCUT2D eigenvalue weighted by atomic mass is 28.4. The SMILES string of the molecule is CCO[Si](CCCN(CCN)CCN)(OCC)OC(CCCN)C(C)(C)C. The van der Waals surface area contributed by atoms with Crippen LogP contribution < -0.4 is 17.2 Å². The number of hydrogen-bond donors (Lipinski definition) is 3. The van der Waals surface area contributed by atoms with Gasteiger partial charge in [0.25, 0.3) is 0 Å². The van der Waals surface area contributed by atoms with E-state index in [2.05, 4.69) is 25.7 Å². The molecule has 0 radical (unpaired) electrons. The predicted molar refractivity (Wildman–Crippen MR) is 116 cm³/mol. The molecule has 0 fully saturated rings. The highest BCUT2D eigenvalue weighted by molar-refractivity contribution is 6.60. The van der Waals surface area contributed by atoms with E-state index in [-0.39, 0.29) is 11.5 Å². The minimum atomic E-state index is -2.76. The molecular formula is C19H46N4O3Si. The standard InChI is InChI=1S/C19H46N4O3Si/c1-6-24-27(25-7-2,17-9-14-23(15-12-21)16-13-22)26-18(10-8-11-20)19(3,4)5/h18H,6-17,20-22H2,1-5H3. The Morgan fingerprint density at radius 2 is 1.41 bits per heavy atom. The zero-order chi connectivity index (χ0) is 20.8. The molecule has 27 heavy (non-hydrogen) atoms. The molecule has 0 spiro atoms. The average Bonchev–Trinajstić information content (AvgIpc) is 2.58. The summed E-state index contributed by atoms with van der Waals surface area (Å²) in [5.74, 6) is 0. The second-order valence-corrected chi connectivity index (χ2v) is 10.7. The molecule has 1 unspecified atom stereocenters. The largest absolute Gasteiger partial charge is 0.501 e. The molecule has 0 rings (SSSR count). The van der Waals surface area contributed by atoms with Crippen LogP contribution >= 0.6 is 0 Å². The predicted octanol–water partition coefficient (Wildman–Crippen LogP) is 1.78. The summed E-state index contributed by atoms with van der Waals surface area (Å²) in [6, 6.07) is 0.801. The summed E-state index contributed by atoms with van der Waals surface area (Å²) in [6.45, 7) is 16.4. The summed E-state index contributed by atoms with van der Waals surface area (Å²) < 4.78 is 19.0. The van der Waals surface area contributed by atoms with Gasteiger partial charge in [0.15, 0.2) is 0 Å². The highest BCUT2D eigenvalue weighted by Gasteiger charge is 2.44. The first-order valence-electron chi connectivity index (χ1n) is 10.6. The van der Waals surface area contributed by atoms with E-state index in [9.17, 15) is 0 Å². The van der Waals surface area contributed by atoms with Crippen molar-refractivity contribution in [3.63, 3.8) is 0 Å². The van der Waals surface area contributed by atoms with Gasteiger partial charge in [0.1, 0.15) is 0 Å². The first-order valence-corrected chi connectivity index (χ1v) is 12.5. The maximum Gasteiger partial charge on any atom is 0.501 e. The molecule has 0 aliphatic rings. The van der Waals surface area contributed by atoms with Crippen LogP contribution in [-0.2, 0) is 13.3 Å². The van der Waals surface area contributed by atoms with Crippen LogP contribution in [0.2, 0.25) is 6.04 Å². The van der Waals surface area contributed by atoms with Crippen LogP contribution in [0.1, 0.15) is 53.9 Å². The molecule has 6 N–H and O–H groups in total. The molecule has 0 aromatic heterocycles. The fraction of sp³-hybridized carbons (Fsp3) is 1.00. The topological polar surface area (TPSA) is 109 Å². The van der Waals surface area contributed by atoms with E-state index < -0.39 is 8.80 Å². The molecule has 0 bridgehead atoms. The molecule has 0 heterocycles. The van der Waals surface area contributed by atoms with Crippen molar-refractivity contribution >= 4 is 8.80 Å². The van der Waals surface area contributed by atoms with Crippen molar-refractivity contribution in [3.05, 3.63) is 0 Å². The van der Waals surface area contributed by atoms with Crippen LogP contribution in [0.4, 0.5) is 0 Å². The van der Waals surface area contributed by atoms with Gasteiger partial charge in [-0.15, -0.1) is 0 Å². The Bertz CT molecular complexity index is 344. The van der Waals surface area contributed by atoms with Crippen LogP contribution in [0.5, 0.6) is 0 Å². The third-order valence-electron chi connectivity index (χ3n) is 4.53. The van der Waals surface area contributed by atoms with E-state index >= 15 is 0 Å². The second-order valence-electron chi connectivity index (χ2n) is 7.98. The molecule has 7 nitrogen and oxygen atoms in total. The summed E-state index contributed by atoms with van der Waals surface area (Å²) in [6.07, 6.45) is 2.86. The lowest BCUT2D eigenvalue weighted by molar-refractivity contribution is -0.0162. The molecule has 0 aliphatic carbocycles. The van der Waals surface area contributed by atoms with Gasteiger partial charge in [-0.3, -0.25) is 0 Å². The summed E-state index contributed by atoms with van der Waals surface area (Å²) >= 11 is 0. The quantitative estimate of drug-likeness (QED) is 0.316. The maximum atomic E-state index is 6.66. The zero-order valence-corrected chi connectivity index (χ0v) is 19.5. The Morgan fingerprint density at radius 1 is 0.852 bits per heavy atom. The zero-order valence-electron chi connectivity index (χ0n) is 18.5. The molecular weight excluding hydrogens is 360 g/mol. The molecule has 1 atom stereocenters. The van der Waals surface area contributed by atoms with Gasteiger partial charge in [-0.25, -0.2) is 0 Å². The molecule has 164 valence electrons. The second kappa shape index (κ2) is 14.9. The minimum absolute atomic E-state index is 0.00670. The van der Waals surface area contributed by atoms with Gasteiger partial charge in [-0.05, 0) is 51.6 Å². The van der Waals surface area contributed by atoms with E-state index in [0.29, 0.717) is 32.8 Å². The average molecular weight is 407 g/mol. The summed E-state index contributed by atoms with van der Waals surface area (Å²) in [7, 11) is -2.76. The Labute approximate surface area is 168 Å². The molecule has 0 saturated carbocycles. The number of rotatable bonds is 17. The van der Waals surface area contributed by atoms with Crippen molar-refractivity contribution in [2.75, 3.05) is 52.5 Å². The Kier molecular flexibility index (Phi) is 14.8. The number of nitrogens with zero attached hydrogens (tertiary/aromatic N) is 1. The van der Waals surface area contributed by atoms with Crippen molar-refractivity contribution in [2.24, 2.45) is 22.6 Å². The van der Waals surface area contributed by atoms with Gasteiger partial charge >= 0.3 is 8.80 Å². The van der Waals surface area contributed by atoms with Crippen molar-refractivity contribution < 1.29 is 13.3 Å². The highest BCUT2D eigenvalue weighted by Crippen LogP contribution is 2.31. The molecule has 0 saturated heterocycles. The fourth-order valence-corrected chi connectivity index (χ4v) is 6.16. The summed E-state index contributed by atoms with van der Waals surface area (Å²) in [5.41, 5.74) is 17.2. The Balaban J connectivity index is 5.14. The molecule has 0 aromatic rings. The van der Waals surface area contributed by atoms with Crippen molar-refractivity contribution in [1.82, 2.24) is 4.90 Å². The lowest BCUT2D eigenvalue weighted by atomic mass is 9.86. The smallest absolute Gasteiger partial charge is 0.374 e. The van der Waals surface area contributed by atoms with Crippen molar-refractivity contribution in [1.29, 1.82) is 0 Å². The van der Waals surface area contributed by atoms with Gasteiger partial charge < -0.3 is 35.4 Å². The van der Waals surface area contributed by atoms with E-state index in [4.69, 9.17) is 30.5 Å². The van der Waals surface area contributed by atoms with Crippen LogP contribution in [0.15, 0.2) is 0 Å². The Morgan fingerprint density at radius 3 is 1.81 bits per heavy atom. The van der Waals surface area contributed by atoms with Crippen LogP contribution in [-0.4, -0.2) is 72.3 Å². The van der Waals surface area contributed by atoms with E-state index in [1.54, 1.807) is 0 Å². The number of hydrogen-bond acceptors (Lipinski definition) is 7. The van der Waals surface area contributed by atoms with Crippen molar-refractivity contribution in [3.8, 4) is 0 Å². The van der Waals surface area contributed by atoms with Crippen molar-refractivity contribution in [2.45, 2.75) is 66.0 Å². The monoisotopic (exact) mass is 406 g/mol. The van der Waals surface area contributed by atoms with E-state index in [0.717, 1.165) is 44.9 Å². The van der Waals surface area contributed by atoms with Crippen LogP contribution in [0, 0.1) is 5.41 Å². The lowest BCUT2D eigenvalue weighted by Gasteiger charge is -2.39. The van der Waals surface area contributed by atoms with E-state index in [1.807, 2.05) is 13.8 Å². The molecule has 8 heteroatoms. The van der Waals surface area contributed by atoms with Gasteiger partial charge in [0.05, 0.1) is 6.10 Å². The normalized spacial score (nSPS) is 14.1. The van der Waals surface area contributed by atoms with Gasteiger partial charge in [0.2, 0.25) is 0 Å². The summed E-state index contributed by atoms with van der Waals surface area (Å²) in [4.78, 5) is 2.30. The lowest BCUT2D eigenvalue weighted by Crippen LogP contribution is -2.51. The van der Waals surface area contributed by atoms with Gasteiger partial charge in [-0.2, -0.15) is 0 Å². The van der Waals surface area contributed by atoms with E-state index in [1.165, 1.54) is 0 Å². The first-order chi connectivity index (χ1) is 12.8. The molecule has 0 aliphatic heterocycles. The molecule has 0 aromatic carbocycles. The van der Waals surface area contributed by atoms with Crippen LogP contribution in [0.25, 0.3) is 0 Å². The fourth-order valence-electron chi connectivity index (χ4n) is 3.16. The Hall–Kier alpha value is -0.0631.